The second-order valence-corrected chi connectivity index (χ2v) is 1.13. The first-order valence-electron chi connectivity index (χ1n) is 1.80. The van der Waals surface area contributed by atoms with E-state index in [1.54, 1.807) is 13.0 Å². The van der Waals surface area contributed by atoms with Crippen molar-refractivity contribution in [3.8, 4) is 0 Å². The van der Waals surface area contributed by atoms with Crippen LogP contribution in [0.2, 0.25) is 0 Å². The van der Waals surface area contributed by atoms with Gasteiger partial charge in [0.2, 0.25) is 0 Å². The number of hydrogen-bond donors (Lipinski definition) is 2. The minimum Gasteiger partial charge on any atom is -0.402 e. The molecule has 3 N–H and O–H groups in total. The summed E-state index contributed by atoms with van der Waals surface area (Å²) in [5.41, 5.74) is 5.77. The van der Waals surface area contributed by atoms with E-state index in [-0.39, 0.29) is 6.61 Å². The topological polar surface area (TPSA) is 46.2 Å². The van der Waals surface area contributed by atoms with Crippen molar-refractivity contribution in [3.63, 3.8) is 0 Å². The fourth-order valence-electron chi connectivity index (χ4n) is 0.144. The Balaban J connectivity index is 3.14. The van der Waals surface area contributed by atoms with Gasteiger partial charge in [0.15, 0.2) is 0 Å². The highest BCUT2D eigenvalue weighted by Crippen LogP contribution is 1.73. The third kappa shape index (κ3) is 3.50. The van der Waals surface area contributed by atoms with E-state index in [0.717, 1.165) is 0 Å². The molecule has 0 atom stereocenters. The SMILES string of the molecule is CC(N)=CCO. The van der Waals surface area contributed by atoms with Crippen molar-refractivity contribution >= 4 is 0 Å². The zero-order valence-electron chi connectivity index (χ0n) is 3.81. The zero-order chi connectivity index (χ0) is 4.99. The fraction of sp³-hybridized carbons (Fsp3) is 0.500. The molecule has 0 unspecified atom stereocenters. The minimum atomic E-state index is 0.0440. The van der Waals surface area contributed by atoms with Gasteiger partial charge < -0.3 is 10.8 Å². The molecule has 0 radical (unpaired) electrons. The third-order valence-corrected chi connectivity index (χ3v) is 0.413. The van der Waals surface area contributed by atoms with E-state index in [1.807, 2.05) is 0 Å². The quantitative estimate of drug-likeness (QED) is 0.467. The molecule has 0 saturated carbocycles. The van der Waals surface area contributed by atoms with Crippen molar-refractivity contribution in [2.24, 2.45) is 5.73 Å². The van der Waals surface area contributed by atoms with E-state index >= 15 is 0 Å². The van der Waals surface area contributed by atoms with Crippen molar-refractivity contribution in [3.05, 3.63) is 11.8 Å². The lowest BCUT2D eigenvalue weighted by atomic mass is 10.5. The van der Waals surface area contributed by atoms with E-state index < -0.39 is 0 Å². The number of aliphatic hydroxyl groups excluding tert-OH is 1. The van der Waals surface area contributed by atoms with Crippen LogP contribution < -0.4 is 5.73 Å². The standard InChI is InChI=1S/C4H9NO/c1-4(5)2-3-6/h2,6H,3,5H2,1H3. The lowest BCUT2D eigenvalue weighted by Gasteiger charge is -1.81. The maximum atomic E-state index is 8.08. The van der Waals surface area contributed by atoms with Crippen LogP contribution in [0.5, 0.6) is 0 Å². The summed E-state index contributed by atoms with van der Waals surface area (Å²) in [4.78, 5) is 0. The Kier molecular flexibility index (Phi) is 2.50. The van der Waals surface area contributed by atoms with Gasteiger partial charge in [-0.1, -0.05) is 0 Å². The highest BCUT2D eigenvalue weighted by molar-refractivity contribution is 4.90. The van der Waals surface area contributed by atoms with Crippen molar-refractivity contribution in [1.29, 1.82) is 0 Å². The fourth-order valence-corrected chi connectivity index (χ4v) is 0.144. The maximum Gasteiger partial charge on any atom is 0.0631 e. The Bertz CT molecular complexity index is 54.6. The summed E-state index contributed by atoms with van der Waals surface area (Å²) in [6.45, 7) is 1.78. The highest BCUT2D eigenvalue weighted by atomic mass is 16.2. The zero-order valence-corrected chi connectivity index (χ0v) is 3.81. The third-order valence-electron chi connectivity index (χ3n) is 0.413. The predicted octanol–water partition coefficient (Wildman–Crippen LogP) is -0.159. The van der Waals surface area contributed by atoms with Crippen LogP contribution in [0.15, 0.2) is 11.8 Å². The van der Waals surface area contributed by atoms with Crippen molar-refractivity contribution in [2.45, 2.75) is 6.92 Å². The molecule has 0 bridgehead atoms. The predicted molar refractivity (Wildman–Crippen MR) is 25.0 cm³/mol. The van der Waals surface area contributed by atoms with Crippen molar-refractivity contribution in [1.82, 2.24) is 0 Å². The second-order valence-electron chi connectivity index (χ2n) is 1.13. The number of hydrogen-bond acceptors (Lipinski definition) is 2. The minimum absolute atomic E-state index is 0.0440. The van der Waals surface area contributed by atoms with Crippen LogP contribution in [0.3, 0.4) is 0 Å². The molecular weight excluding hydrogens is 78.0 g/mol. The van der Waals surface area contributed by atoms with Crippen LogP contribution in [-0.2, 0) is 0 Å². The Morgan fingerprint density at radius 1 is 2.00 bits per heavy atom. The first kappa shape index (κ1) is 5.50. The molecule has 36 valence electrons. The molecule has 0 heterocycles. The van der Waals surface area contributed by atoms with Gasteiger partial charge in [-0.25, -0.2) is 0 Å². The van der Waals surface area contributed by atoms with E-state index in [9.17, 15) is 0 Å². The Morgan fingerprint density at radius 3 is 2.50 bits per heavy atom. The molecule has 0 fully saturated rings. The van der Waals surface area contributed by atoms with Gasteiger partial charge in [-0.2, -0.15) is 0 Å². The van der Waals surface area contributed by atoms with Crippen LogP contribution in [0.1, 0.15) is 6.92 Å². The van der Waals surface area contributed by atoms with Crippen molar-refractivity contribution < 1.29 is 5.11 Å². The molecule has 2 nitrogen and oxygen atoms in total. The Morgan fingerprint density at radius 2 is 2.50 bits per heavy atom. The Hall–Kier alpha value is -0.500. The van der Waals surface area contributed by atoms with Gasteiger partial charge in [0.25, 0.3) is 0 Å². The number of rotatable bonds is 1. The summed E-state index contributed by atoms with van der Waals surface area (Å²) in [6, 6.07) is 0. The van der Waals surface area contributed by atoms with Gasteiger partial charge in [-0.15, -0.1) is 0 Å². The number of allylic oxidation sites excluding steroid dienone is 1. The van der Waals surface area contributed by atoms with Crippen molar-refractivity contribution in [2.75, 3.05) is 6.61 Å². The van der Waals surface area contributed by atoms with E-state index in [0.29, 0.717) is 5.70 Å². The molecule has 0 spiro atoms. The molecule has 2 heteroatoms. The molecule has 0 rings (SSSR count). The first-order chi connectivity index (χ1) is 2.77. The highest BCUT2D eigenvalue weighted by Gasteiger charge is 1.68. The number of nitrogens with two attached hydrogens (primary N) is 1. The van der Waals surface area contributed by atoms with Gasteiger partial charge in [0.05, 0.1) is 6.61 Å². The molecule has 0 aliphatic carbocycles. The van der Waals surface area contributed by atoms with Crippen LogP contribution >= 0.6 is 0 Å². The molecule has 0 aliphatic heterocycles. The molecule has 0 aromatic heterocycles. The molecule has 0 aromatic rings. The summed E-state index contributed by atoms with van der Waals surface area (Å²) < 4.78 is 0. The van der Waals surface area contributed by atoms with Gasteiger partial charge in [0, 0.05) is 5.70 Å². The summed E-state index contributed by atoms with van der Waals surface area (Å²) in [5.74, 6) is 0. The molecule has 0 aliphatic rings. The molecule has 6 heavy (non-hydrogen) atoms. The Labute approximate surface area is 37.3 Å². The van der Waals surface area contributed by atoms with E-state index in [2.05, 4.69) is 0 Å². The molecule has 0 saturated heterocycles. The van der Waals surface area contributed by atoms with Gasteiger partial charge in [-0.3, -0.25) is 0 Å². The maximum absolute atomic E-state index is 8.08. The summed E-state index contributed by atoms with van der Waals surface area (Å²) in [5, 5.41) is 8.08. The molecule has 0 aromatic carbocycles. The first-order valence-corrected chi connectivity index (χ1v) is 1.80. The average molecular weight is 87.1 g/mol. The van der Waals surface area contributed by atoms with Gasteiger partial charge >= 0.3 is 0 Å². The summed E-state index contributed by atoms with van der Waals surface area (Å²) in [6.07, 6.45) is 1.54. The second kappa shape index (κ2) is 2.72. The summed E-state index contributed by atoms with van der Waals surface area (Å²) >= 11 is 0. The average Bonchev–Trinajstić information content (AvgIpc) is 1.35. The monoisotopic (exact) mass is 87.1 g/mol. The summed E-state index contributed by atoms with van der Waals surface area (Å²) in [7, 11) is 0. The van der Waals surface area contributed by atoms with Crippen LogP contribution in [0.4, 0.5) is 0 Å². The largest absolute Gasteiger partial charge is 0.402 e. The van der Waals surface area contributed by atoms with Crippen LogP contribution in [-0.4, -0.2) is 11.7 Å². The normalized spacial score (nSPS) is 12.0. The number of aliphatic hydroxyl groups is 1. The van der Waals surface area contributed by atoms with E-state index in [4.69, 9.17) is 10.8 Å². The van der Waals surface area contributed by atoms with Gasteiger partial charge in [-0.05, 0) is 13.0 Å². The lowest BCUT2D eigenvalue weighted by molar-refractivity contribution is 0.341. The van der Waals surface area contributed by atoms with Crippen LogP contribution in [0, 0.1) is 0 Å². The molecule has 0 amide bonds. The van der Waals surface area contributed by atoms with Gasteiger partial charge in [0.1, 0.15) is 0 Å². The van der Waals surface area contributed by atoms with Crippen LogP contribution in [0.25, 0.3) is 0 Å². The van der Waals surface area contributed by atoms with E-state index in [1.165, 1.54) is 0 Å². The smallest absolute Gasteiger partial charge is 0.0631 e. The molecular formula is C4H9NO. The lowest BCUT2D eigenvalue weighted by Crippen LogP contribution is -1.90.